The van der Waals surface area contributed by atoms with E-state index in [1.54, 1.807) is 0 Å². The van der Waals surface area contributed by atoms with Gasteiger partial charge in [-0.15, -0.1) is 0 Å². The minimum atomic E-state index is 0.829. The predicted octanol–water partition coefficient (Wildman–Crippen LogP) is 5.17. The van der Waals surface area contributed by atoms with Crippen LogP contribution in [0, 0.1) is 5.92 Å². The molecular weight excluding hydrogens is 220 g/mol. The Kier molecular flexibility index (Phi) is 6.85. The number of ether oxygens (including phenoxy) is 1. The SMILES string of the molecule is CCCCOc1cc(CCCC)cc([C](C)C)c1. The lowest BCUT2D eigenvalue weighted by atomic mass is 9.98. The molecule has 0 aliphatic carbocycles. The Morgan fingerprint density at radius 2 is 1.72 bits per heavy atom. The molecule has 0 N–H and O–H groups in total. The lowest BCUT2D eigenvalue weighted by Gasteiger charge is -2.13. The first-order chi connectivity index (χ1) is 8.67. The van der Waals surface area contributed by atoms with Crippen LogP contribution in [0.15, 0.2) is 18.2 Å². The van der Waals surface area contributed by atoms with Crippen LogP contribution in [0.5, 0.6) is 5.75 Å². The minimum absolute atomic E-state index is 0.829. The van der Waals surface area contributed by atoms with Crippen molar-refractivity contribution in [2.45, 2.75) is 59.8 Å². The second-order valence-corrected chi connectivity index (χ2v) is 5.17. The van der Waals surface area contributed by atoms with Crippen LogP contribution < -0.4 is 4.74 Å². The molecule has 0 heterocycles. The molecule has 101 valence electrons. The molecule has 0 bridgehead atoms. The molecule has 1 heteroatoms. The van der Waals surface area contributed by atoms with Gasteiger partial charge >= 0.3 is 0 Å². The molecule has 1 aromatic carbocycles. The summed E-state index contributed by atoms with van der Waals surface area (Å²) in [6.45, 7) is 9.58. The zero-order valence-corrected chi connectivity index (χ0v) is 12.4. The summed E-state index contributed by atoms with van der Waals surface area (Å²) in [7, 11) is 0. The van der Waals surface area contributed by atoms with Crippen molar-refractivity contribution in [2.24, 2.45) is 0 Å². The summed E-state index contributed by atoms with van der Waals surface area (Å²) in [5, 5.41) is 0. The summed E-state index contributed by atoms with van der Waals surface area (Å²) in [5.74, 6) is 2.39. The van der Waals surface area contributed by atoms with Crippen LogP contribution in [0.3, 0.4) is 0 Å². The molecule has 0 saturated carbocycles. The monoisotopic (exact) mass is 247 g/mol. The lowest BCUT2D eigenvalue weighted by Crippen LogP contribution is -2.00. The Hall–Kier alpha value is -0.980. The molecule has 0 saturated heterocycles. The van der Waals surface area contributed by atoms with Crippen molar-refractivity contribution in [3.63, 3.8) is 0 Å². The van der Waals surface area contributed by atoms with Gasteiger partial charge in [0.1, 0.15) is 5.75 Å². The van der Waals surface area contributed by atoms with Gasteiger partial charge in [-0.2, -0.15) is 0 Å². The lowest BCUT2D eigenvalue weighted by molar-refractivity contribution is 0.309. The van der Waals surface area contributed by atoms with Gasteiger partial charge in [0.25, 0.3) is 0 Å². The van der Waals surface area contributed by atoms with Gasteiger partial charge < -0.3 is 4.74 Å². The molecule has 1 rings (SSSR count). The second kappa shape index (κ2) is 8.18. The van der Waals surface area contributed by atoms with Crippen molar-refractivity contribution in [1.82, 2.24) is 0 Å². The summed E-state index contributed by atoms with van der Waals surface area (Å²) in [6, 6.07) is 6.68. The van der Waals surface area contributed by atoms with E-state index in [-0.39, 0.29) is 0 Å². The zero-order chi connectivity index (χ0) is 13.4. The van der Waals surface area contributed by atoms with E-state index in [1.807, 2.05) is 0 Å². The Morgan fingerprint density at radius 3 is 2.33 bits per heavy atom. The average molecular weight is 247 g/mol. The van der Waals surface area contributed by atoms with Crippen molar-refractivity contribution < 1.29 is 4.74 Å². The van der Waals surface area contributed by atoms with Crippen LogP contribution in [-0.4, -0.2) is 6.61 Å². The van der Waals surface area contributed by atoms with Gasteiger partial charge in [-0.3, -0.25) is 0 Å². The summed E-state index contributed by atoms with van der Waals surface area (Å²) >= 11 is 0. The van der Waals surface area contributed by atoms with E-state index in [4.69, 9.17) is 4.74 Å². The molecule has 1 radical (unpaired) electrons. The van der Waals surface area contributed by atoms with E-state index in [0.29, 0.717) is 0 Å². The van der Waals surface area contributed by atoms with Crippen molar-refractivity contribution in [3.8, 4) is 5.75 Å². The largest absolute Gasteiger partial charge is 0.494 e. The first-order valence-electron chi connectivity index (χ1n) is 7.24. The number of rotatable bonds is 8. The molecule has 0 atom stereocenters. The summed E-state index contributed by atoms with van der Waals surface area (Å²) in [6.07, 6.45) is 5.96. The van der Waals surface area contributed by atoms with Crippen molar-refractivity contribution in [3.05, 3.63) is 35.2 Å². The van der Waals surface area contributed by atoms with Crippen molar-refractivity contribution >= 4 is 0 Å². The van der Waals surface area contributed by atoms with Gasteiger partial charge in [-0.05, 0) is 48.4 Å². The van der Waals surface area contributed by atoms with Gasteiger partial charge in [-0.25, -0.2) is 0 Å². The van der Waals surface area contributed by atoms with Gasteiger partial charge in [0.15, 0.2) is 0 Å². The van der Waals surface area contributed by atoms with Gasteiger partial charge in [-0.1, -0.05) is 46.6 Å². The predicted molar refractivity (Wildman–Crippen MR) is 79.2 cm³/mol. The van der Waals surface area contributed by atoms with Crippen LogP contribution >= 0.6 is 0 Å². The summed E-state index contributed by atoms with van der Waals surface area (Å²) < 4.78 is 5.84. The van der Waals surface area contributed by atoms with E-state index in [1.165, 1.54) is 36.3 Å². The highest BCUT2D eigenvalue weighted by molar-refractivity contribution is 5.40. The van der Waals surface area contributed by atoms with Gasteiger partial charge in [0.05, 0.1) is 6.61 Å². The fraction of sp³-hybridized carbons (Fsp3) is 0.588. The molecule has 0 fully saturated rings. The molecule has 18 heavy (non-hydrogen) atoms. The van der Waals surface area contributed by atoms with Crippen molar-refractivity contribution in [2.75, 3.05) is 6.61 Å². The normalized spacial score (nSPS) is 10.9. The second-order valence-electron chi connectivity index (χ2n) is 5.17. The Labute approximate surface area is 113 Å². The van der Waals surface area contributed by atoms with E-state index in [9.17, 15) is 0 Å². The van der Waals surface area contributed by atoms with Crippen LogP contribution in [-0.2, 0) is 6.42 Å². The molecule has 0 amide bonds. The molecule has 1 aromatic rings. The third-order valence-electron chi connectivity index (χ3n) is 3.13. The van der Waals surface area contributed by atoms with Crippen LogP contribution in [0.2, 0.25) is 0 Å². The highest BCUT2D eigenvalue weighted by Crippen LogP contribution is 2.24. The minimum Gasteiger partial charge on any atom is -0.494 e. The molecule has 0 aliphatic heterocycles. The highest BCUT2D eigenvalue weighted by Gasteiger charge is 2.05. The van der Waals surface area contributed by atoms with Crippen LogP contribution in [0.1, 0.15) is 64.5 Å². The topological polar surface area (TPSA) is 9.23 Å². The number of hydrogen-bond donors (Lipinski definition) is 0. The third kappa shape index (κ3) is 5.12. The zero-order valence-electron chi connectivity index (χ0n) is 12.4. The first kappa shape index (κ1) is 15.1. The fourth-order valence-electron chi connectivity index (χ4n) is 1.89. The summed E-state index contributed by atoms with van der Waals surface area (Å²) in [4.78, 5) is 0. The molecular formula is C17H27O. The standard InChI is InChI=1S/C17H27O/c1-5-7-9-15-11-16(14(3)4)13-17(12-15)18-10-8-6-2/h11-13H,5-10H2,1-4H3. The molecule has 0 spiro atoms. The number of hydrogen-bond acceptors (Lipinski definition) is 1. The molecule has 1 nitrogen and oxygen atoms in total. The number of benzene rings is 1. The van der Waals surface area contributed by atoms with E-state index >= 15 is 0 Å². The summed E-state index contributed by atoms with van der Waals surface area (Å²) in [5.41, 5.74) is 2.72. The third-order valence-corrected chi connectivity index (χ3v) is 3.13. The Morgan fingerprint density at radius 1 is 1.00 bits per heavy atom. The van der Waals surface area contributed by atoms with Gasteiger partial charge in [0.2, 0.25) is 0 Å². The highest BCUT2D eigenvalue weighted by atomic mass is 16.5. The molecule has 0 aromatic heterocycles. The maximum Gasteiger partial charge on any atom is 0.119 e. The number of unbranched alkanes of at least 4 members (excludes halogenated alkanes) is 2. The van der Waals surface area contributed by atoms with E-state index in [0.717, 1.165) is 25.2 Å². The smallest absolute Gasteiger partial charge is 0.119 e. The number of aryl methyl sites for hydroxylation is 1. The van der Waals surface area contributed by atoms with Crippen molar-refractivity contribution in [1.29, 1.82) is 0 Å². The Bertz CT molecular complexity index is 341. The average Bonchev–Trinajstić information content (AvgIpc) is 2.36. The fourth-order valence-corrected chi connectivity index (χ4v) is 1.89. The molecule has 0 aliphatic rings. The van der Waals surface area contributed by atoms with Crippen LogP contribution in [0.4, 0.5) is 0 Å². The van der Waals surface area contributed by atoms with E-state index < -0.39 is 0 Å². The molecule has 0 unspecified atom stereocenters. The first-order valence-corrected chi connectivity index (χ1v) is 7.24. The maximum absolute atomic E-state index is 5.84. The van der Waals surface area contributed by atoms with Crippen LogP contribution in [0.25, 0.3) is 0 Å². The van der Waals surface area contributed by atoms with Gasteiger partial charge in [0, 0.05) is 0 Å². The quantitative estimate of drug-likeness (QED) is 0.576. The van der Waals surface area contributed by atoms with E-state index in [2.05, 4.69) is 45.9 Å². The maximum atomic E-state index is 5.84. The Balaban J connectivity index is 2.77.